The maximum Gasteiger partial charge on any atom is 0.313 e. The van der Waals surface area contributed by atoms with E-state index in [1.54, 1.807) is 0 Å². The topological polar surface area (TPSA) is 69.4 Å². The minimum absolute atomic E-state index is 0.0729. The lowest BCUT2D eigenvalue weighted by Crippen LogP contribution is -2.24. The molecule has 0 amide bonds. The van der Waals surface area contributed by atoms with E-state index in [9.17, 15) is 9.59 Å². The molecule has 0 bridgehead atoms. The fourth-order valence-corrected chi connectivity index (χ4v) is 4.42. The molecule has 0 saturated carbocycles. The molecule has 1 heterocycles. The van der Waals surface area contributed by atoms with E-state index in [1.165, 1.54) is 7.11 Å². The molecular formula is C9H17NO3S. The Labute approximate surface area is 85.6 Å². The third kappa shape index (κ3) is 3.31. The quantitative estimate of drug-likeness (QED) is 0.555. The van der Waals surface area contributed by atoms with Gasteiger partial charge in [-0.15, -0.1) is 0 Å². The van der Waals surface area contributed by atoms with Crippen molar-refractivity contribution >= 4 is 22.0 Å². The van der Waals surface area contributed by atoms with Crippen molar-refractivity contribution in [1.82, 2.24) is 0 Å². The van der Waals surface area contributed by atoms with Gasteiger partial charge in [0.15, 0.2) is 5.78 Å². The number of hydrogen-bond donors (Lipinski definition) is 1. The summed E-state index contributed by atoms with van der Waals surface area (Å²) >= 11 is 0. The number of rotatable bonds is 4. The summed E-state index contributed by atoms with van der Waals surface area (Å²) in [7, 11) is 0.0738. The third-order valence-electron chi connectivity index (χ3n) is 2.37. The van der Waals surface area contributed by atoms with Crippen LogP contribution in [-0.2, 0) is 14.3 Å². The molecule has 1 saturated heterocycles. The van der Waals surface area contributed by atoms with Crippen LogP contribution in [0.2, 0.25) is 0 Å². The first-order chi connectivity index (χ1) is 6.56. The fourth-order valence-electron chi connectivity index (χ4n) is 1.63. The van der Waals surface area contributed by atoms with Gasteiger partial charge in [-0.05, 0) is 24.3 Å². The van der Waals surface area contributed by atoms with Crippen LogP contribution in [-0.4, -0.2) is 36.1 Å². The number of carbonyl (C=O) groups is 2. The van der Waals surface area contributed by atoms with Gasteiger partial charge in [0.2, 0.25) is 0 Å². The molecule has 1 rings (SSSR count). The summed E-state index contributed by atoms with van der Waals surface area (Å²) in [5, 5.41) is 6.09. The van der Waals surface area contributed by atoms with Gasteiger partial charge in [0.25, 0.3) is 0 Å². The summed E-state index contributed by atoms with van der Waals surface area (Å²) in [6.07, 6.45) is 2.12. The predicted octanol–water partition coefficient (Wildman–Crippen LogP) is 0.591. The first-order valence-corrected chi connectivity index (χ1v) is 6.89. The number of ether oxygens (including phenoxy) is 1. The summed E-state index contributed by atoms with van der Waals surface area (Å²) in [6, 6.07) is 0. The Kier molecular flexibility index (Phi) is 3.95. The highest BCUT2D eigenvalue weighted by molar-refractivity contribution is 8.32. The molecule has 0 aromatic carbocycles. The molecule has 1 fully saturated rings. The molecular weight excluding hydrogens is 202 g/mol. The average molecular weight is 219 g/mol. The van der Waals surface area contributed by atoms with E-state index in [0.717, 1.165) is 24.3 Å². The molecule has 0 spiro atoms. The summed E-state index contributed by atoms with van der Waals surface area (Å²) < 4.78 is 4.43. The largest absolute Gasteiger partial charge is 0.469 e. The second kappa shape index (κ2) is 4.79. The standard InChI is InChI=1S/C9H17NO3S/c1-13-9(12)6-8(11)7-14(10)4-2-3-5-14/h2-7,10H2,1H3. The van der Waals surface area contributed by atoms with Crippen LogP contribution in [0.5, 0.6) is 0 Å². The zero-order valence-electron chi connectivity index (χ0n) is 8.45. The summed E-state index contributed by atoms with van der Waals surface area (Å²) in [5.41, 5.74) is 0. The Morgan fingerprint density at radius 2 is 1.93 bits per heavy atom. The van der Waals surface area contributed by atoms with E-state index in [-0.39, 0.29) is 12.2 Å². The minimum Gasteiger partial charge on any atom is -0.469 e. The first kappa shape index (κ1) is 11.5. The van der Waals surface area contributed by atoms with Crippen LogP contribution in [0.3, 0.4) is 0 Å². The van der Waals surface area contributed by atoms with Gasteiger partial charge < -0.3 is 4.74 Å². The summed E-state index contributed by atoms with van der Waals surface area (Å²) in [5.74, 6) is 1.80. The van der Waals surface area contributed by atoms with Gasteiger partial charge >= 0.3 is 5.97 Å². The van der Waals surface area contributed by atoms with E-state index >= 15 is 0 Å². The molecule has 5 heteroatoms. The molecule has 1 aliphatic rings. The number of esters is 1. The van der Waals surface area contributed by atoms with Crippen molar-refractivity contribution in [3.8, 4) is 0 Å². The zero-order valence-corrected chi connectivity index (χ0v) is 9.27. The van der Waals surface area contributed by atoms with Crippen LogP contribution in [0, 0.1) is 0 Å². The van der Waals surface area contributed by atoms with Crippen LogP contribution in [0.25, 0.3) is 0 Å². The number of nitrogens with two attached hydrogens (primary N) is 1. The van der Waals surface area contributed by atoms with Crippen LogP contribution < -0.4 is 5.14 Å². The van der Waals surface area contributed by atoms with E-state index in [4.69, 9.17) is 5.14 Å². The third-order valence-corrected chi connectivity index (χ3v) is 5.47. The second-order valence-electron chi connectivity index (χ2n) is 3.66. The molecule has 0 aromatic rings. The molecule has 1 aliphatic heterocycles. The van der Waals surface area contributed by atoms with Crippen molar-refractivity contribution in [3.05, 3.63) is 0 Å². The van der Waals surface area contributed by atoms with Crippen LogP contribution >= 0.6 is 10.2 Å². The predicted molar refractivity (Wildman–Crippen MR) is 57.3 cm³/mol. The summed E-state index contributed by atoms with van der Waals surface area (Å²) in [4.78, 5) is 22.2. The molecule has 0 radical (unpaired) electrons. The molecule has 82 valence electrons. The van der Waals surface area contributed by atoms with E-state index in [2.05, 4.69) is 4.74 Å². The lowest BCUT2D eigenvalue weighted by Gasteiger charge is -2.28. The maximum atomic E-state index is 11.4. The van der Waals surface area contributed by atoms with Crippen LogP contribution in [0.4, 0.5) is 0 Å². The molecule has 2 N–H and O–H groups in total. The normalized spacial score (nSPS) is 21.6. The Balaban J connectivity index is 2.36. The van der Waals surface area contributed by atoms with E-state index in [1.807, 2.05) is 0 Å². The second-order valence-corrected chi connectivity index (χ2v) is 6.99. The molecule has 14 heavy (non-hydrogen) atoms. The highest BCUT2D eigenvalue weighted by Crippen LogP contribution is 2.46. The summed E-state index contributed by atoms with van der Waals surface area (Å²) in [6.45, 7) is 0. The Morgan fingerprint density at radius 3 is 2.43 bits per heavy atom. The van der Waals surface area contributed by atoms with Gasteiger partial charge in [0.05, 0.1) is 7.11 Å². The van der Waals surface area contributed by atoms with Gasteiger partial charge in [0.1, 0.15) is 6.42 Å². The molecule has 4 nitrogen and oxygen atoms in total. The van der Waals surface area contributed by atoms with Crippen LogP contribution in [0.15, 0.2) is 0 Å². The zero-order chi connectivity index (χ0) is 10.6. The van der Waals surface area contributed by atoms with Gasteiger partial charge in [-0.3, -0.25) is 14.7 Å². The van der Waals surface area contributed by atoms with Crippen molar-refractivity contribution in [3.63, 3.8) is 0 Å². The van der Waals surface area contributed by atoms with Gasteiger partial charge in [-0.2, -0.15) is 10.2 Å². The Morgan fingerprint density at radius 1 is 1.36 bits per heavy atom. The van der Waals surface area contributed by atoms with Crippen LogP contribution in [0.1, 0.15) is 19.3 Å². The smallest absolute Gasteiger partial charge is 0.313 e. The lowest BCUT2D eigenvalue weighted by molar-refractivity contribution is -0.142. The first-order valence-electron chi connectivity index (χ1n) is 4.68. The van der Waals surface area contributed by atoms with Crippen molar-refractivity contribution in [1.29, 1.82) is 0 Å². The maximum absolute atomic E-state index is 11.4. The molecule has 0 unspecified atom stereocenters. The SMILES string of the molecule is COC(=O)CC(=O)CS1(N)CCCC1. The average Bonchev–Trinajstić information content (AvgIpc) is 2.51. The number of methoxy groups -OCH3 is 1. The highest BCUT2D eigenvalue weighted by Gasteiger charge is 2.27. The number of carbonyl (C=O) groups excluding carboxylic acids is 2. The van der Waals surface area contributed by atoms with Gasteiger partial charge in [-0.1, -0.05) is 0 Å². The van der Waals surface area contributed by atoms with Crippen molar-refractivity contribution in [2.75, 3.05) is 24.4 Å². The highest BCUT2D eigenvalue weighted by atomic mass is 32.3. The van der Waals surface area contributed by atoms with Gasteiger partial charge in [0, 0.05) is 5.75 Å². The van der Waals surface area contributed by atoms with Crippen molar-refractivity contribution < 1.29 is 14.3 Å². The lowest BCUT2D eigenvalue weighted by atomic mass is 10.3. The Hall–Kier alpha value is -0.550. The van der Waals surface area contributed by atoms with E-state index < -0.39 is 16.2 Å². The molecule has 0 atom stereocenters. The molecule has 0 aromatic heterocycles. The number of hydrogen-bond acceptors (Lipinski definition) is 4. The Bertz CT molecular complexity index is 236. The minimum atomic E-state index is -1.21. The monoisotopic (exact) mass is 219 g/mol. The van der Waals surface area contributed by atoms with Crippen molar-refractivity contribution in [2.24, 2.45) is 5.14 Å². The fraction of sp³-hybridized carbons (Fsp3) is 0.778. The number of ketones is 1. The molecule has 0 aliphatic carbocycles. The van der Waals surface area contributed by atoms with Crippen molar-refractivity contribution in [2.45, 2.75) is 19.3 Å². The van der Waals surface area contributed by atoms with Gasteiger partial charge in [-0.25, -0.2) is 0 Å². The van der Waals surface area contributed by atoms with E-state index in [0.29, 0.717) is 5.75 Å². The number of Topliss-reactive ketones (excluding diaryl/α,β-unsaturated/α-hetero) is 1.